The van der Waals surface area contributed by atoms with E-state index in [9.17, 15) is 20.0 Å². The van der Waals surface area contributed by atoms with E-state index >= 15 is 0 Å². The zero-order valence-corrected chi connectivity index (χ0v) is 19.6. The van der Waals surface area contributed by atoms with E-state index in [4.69, 9.17) is 4.74 Å². The lowest BCUT2D eigenvalue weighted by Gasteiger charge is -2.28. The molecule has 0 aromatic heterocycles. The van der Waals surface area contributed by atoms with Gasteiger partial charge in [0.2, 0.25) is 5.91 Å². The highest BCUT2D eigenvalue weighted by atomic mass is 16.6. The zero-order valence-electron chi connectivity index (χ0n) is 19.6. The molecule has 1 atom stereocenters. The van der Waals surface area contributed by atoms with E-state index in [0.717, 1.165) is 22.5 Å². The summed E-state index contributed by atoms with van der Waals surface area (Å²) in [5.74, 6) is 0.326. The van der Waals surface area contributed by atoms with Crippen molar-refractivity contribution < 1.29 is 19.6 Å². The molecule has 1 unspecified atom stereocenters. The topological polar surface area (TPSA) is 138 Å². The fraction of sp³-hybridized carbons (Fsp3) is 0.417. The van der Waals surface area contributed by atoms with Gasteiger partial charge < -0.3 is 20.5 Å². The van der Waals surface area contributed by atoms with Gasteiger partial charge in [0.1, 0.15) is 18.5 Å². The van der Waals surface area contributed by atoms with Gasteiger partial charge in [-0.25, -0.2) is 5.43 Å². The molecule has 0 saturated heterocycles. The number of ether oxygens (including phenoxy) is 1. The number of carbonyl (C=O) groups is 1. The van der Waals surface area contributed by atoms with Crippen LogP contribution >= 0.6 is 0 Å². The van der Waals surface area contributed by atoms with Crippen molar-refractivity contribution in [2.45, 2.75) is 45.3 Å². The Morgan fingerprint density at radius 2 is 1.97 bits per heavy atom. The normalized spacial score (nSPS) is 14.7. The second kappa shape index (κ2) is 11.1. The number of rotatable bonds is 11. The SMILES string of the molecule is Cc1ccc([N+](=O)[O-])cc1OCC(O)CNC(C)(C)CNc1ccc(C2=NNC(=O)CC2)cc1. The first-order valence-electron chi connectivity index (χ1n) is 11.1. The summed E-state index contributed by atoms with van der Waals surface area (Å²) < 4.78 is 5.61. The Morgan fingerprint density at radius 1 is 1.24 bits per heavy atom. The monoisotopic (exact) mass is 469 g/mol. The first-order chi connectivity index (χ1) is 16.1. The number of nitro benzene ring substituents is 1. The smallest absolute Gasteiger partial charge is 0.273 e. The van der Waals surface area contributed by atoms with Crippen molar-refractivity contribution in [1.82, 2.24) is 10.7 Å². The van der Waals surface area contributed by atoms with Gasteiger partial charge in [0.15, 0.2) is 0 Å². The lowest BCUT2D eigenvalue weighted by atomic mass is 10.0. The molecule has 0 spiro atoms. The van der Waals surface area contributed by atoms with Crippen LogP contribution in [-0.4, -0.2) is 53.0 Å². The van der Waals surface area contributed by atoms with E-state index in [-0.39, 0.29) is 23.7 Å². The van der Waals surface area contributed by atoms with Crippen LogP contribution in [0, 0.1) is 17.0 Å². The quantitative estimate of drug-likeness (QED) is 0.293. The molecule has 0 saturated carbocycles. The molecule has 1 aliphatic rings. The maximum Gasteiger partial charge on any atom is 0.273 e. The average Bonchev–Trinajstić information content (AvgIpc) is 2.82. The van der Waals surface area contributed by atoms with E-state index in [1.54, 1.807) is 13.0 Å². The van der Waals surface area contributed by atoms with Crippen molar-refractivity contribution in [1.29, 1.82) is 0 Å². The summed E-state index contributed by atoms with van der Waals surface area (Å²) in [7, 11) is 0. The molecule has 1 heterocycles. The Labute approximate surface area is 198 Å². The molecule has 0 bridgehead atoms. The number of hydrogen-bond acceptors (Lipinski definition) is 8. The summed E-state index contributed by atoms with van der Waals surface area (Å²) >= 11 is 0. The number of aliphatic hydroxyl groups is 1. The van der Waals surface area contributed by atoms with Crippen molar-refractivity contribution >= 4 is 23.0 Å². The standard InChI is InChI=1S/C24H31N5O5/c1-16-4-9-19(29(32)33)12-22(16)34-14-20(30)13-26-24(2,3)15-25-18-7-5-17(6-8-18)21-10-11-23(31)28-27-21/h4-9,12,20,25-26,30H,10-11,13-15H2,1-3H3,(H,28,31). The van der Waals surface area contributed by atoms with Gasteiger partial charge >= 0.3 is 0 Å². The molecular formula is C24H31N5O5. The lowest BCUT2D eigenvalue weighted by molar-refractivity contribution is -0.385. The predicted molar refractivity (Wildman–Crippen MR) is 130 cm³/mol. The van der Waals surface area contributed by atoms with Crippen LogP contribution < -0.4 is 20.8 Å². The van der Waals surface area contributed by atoms with Crippen molar-refractivity contribution in [2.75, 3.05) is 25.0 Å². The molecule has 182 valence electrons. The number of amides is 1. The van der Waals surface area contributed by atoms with Crippen LogP contribution in [0.3, 0.4) is 0 Å². The number of aliphatic hydroxyl groups excluding tert-OH is 1. The van der Waals surface area contributed by atoms with Gasteiger partial charge in [-0.2, -0.15) is 5.10 Å². The summed E-state index contributed by atoms with van der Waals surface area (Å²) in [5, 5.41) is 32.1. The number of non-ortho nitro benzene ring substituents is 1. The van der Waals surface area contributed by atoms with Gasteiger partial charge in [-0.15, -0.1) is 0 Å². The Hall–Kier alpha value is -3.50. The largest absolute Gasteiger partial charge is 0.490 e. The van der Waals surface area contributed by atoms with Crippen molar-refractivity contribution in [3.63, 3.8) is 0 Å². The van der Waals surface area contributed by atoms with Gasteiger partial charge in [-0.05, 0) is 50.1 Å². The molecule has 10 nitrogen and oxygen atoms in total. The van der Waals surface area contributed by atoms with E-state index in [1.165, 1.54) is 12.1 Å². The molecule has 2 aromatic rings. The molecule has 1 aliphatic heterocycles. The first-order valence-corrected chi connectivity index (χ1v) is 11.1. The fourth-order valence-corrected chi connectivity index (χ4v) is 3.35. The minimum atomic E-state index is -0.783. The van der Waals surface area contributed by atoms with E-state index in [0.29, 0.717) is 31.7 Å². The summed E-state index contributed by atoms with van der Waals surface area (Å²) in [6, 6.07) is 12.3. The zero-order chi connectivity index (χ0) is 24.7. The van der Waals surface area contributed by atoms with Crippen molar-refractivity contribution in [2.24, 2.45) is 5.10 Å². The number of benzene rings is 2. The van der Waals surface area contributed by atoms with Crippen LogP contribution in [0.5, 0.6) is 5.75 Å². The third-order valence-corrected chi connectivity index (χ3v) is 5.49. The molecule has 34 heavy (non-hydrogen) atoms. The van der Waals surface area contributed by atoms with E-state index in [1.807, 2.05) is 38.1 Å². The lowest BCUT2D eigenvalue weighted by Crippen LogP contribution is -2.49. The number of carbonyl (C=O) groups excluding carboxylic acids is 1. The maximum atomic E-state index is 11.2. The first kappa shape index (κ1) is 25.1. The highest BCUT2D eigenvalue weighted by Crippen LogP contribution is 2.24. The molecule has 10 heteroatoms. The Balaban J connectivity index is 1.44. The summed E-state index contributed by atoms with van der Waals surface area (Å²) in [6.45, 7) is 6.77. The van der Waals surface area contributed by atoms with Crippen LogP contribution in [0.25, 0.3) is 0 Å². The maximum absolute atomic E-state index is 11.2. The second-order valence-electron chi connectivity index (χ2n) is 8.96. The van der Waals surface area contributed by atoms with Gasteiger partial charge in [0, 0.05) is 43.2 Å². The summed E-state index contributed by atoms with van der Waals surface area (Å²) in [5.41, 5.74) is 5.70. The number of nitrogens with one attached hydrogen (secondary N) is 3. The number of anilines is 1. The van der Waals surface area contributed by atoms with Crippen LogP contribution in [0.1, 0.15) is 37.8 Å². The van der Waals surface area contributed by atoms with Gasteiger partial charge in [-0.3, -0.25) is 14.9 Å². The highest BCUT2D eigenvalue weighted by Gasteiger charge is 2.19. The van der Waals surface area contributed by atoms with Crippen molar-refractivity contribution in [3.8, 4) is 5.75 Å². The molecule has 3 rings (SSSR count). The molecular weight excluding hydrogens is 438 g/mol. The van der Waals surface area contributed by atoms with Gasteiger partial charge in [0.05, 0.1) is 16.7 Å². The number of aryl methyl sites for hydroxylation is 1. The Kier molecular flexibility index (Phi) is 8.19. The fourth-order valence-electron chi connectivity index (χ4n) is 3.35. The molecule has 2 aromatic carbocycles. The number of nitro groups is 1. The van der Waals surface area contributed by atoms with E-state index < -0.39 is 11.0 Å². The average molecular weight is 470 g/mol. The Bertz CT molecular complexity index is 1050. The Morgan fingerprint density at radius 3 is 2.62 bits per heavy atom. The molecule has 0 radical (unpaired) electrons. The molecule has 0 fully saturated rings. The van der Waals surface area contributed by atoms with Crippen LogP contribution in [-0.2, 0) is 4.79 Å². The van der Waals surface area contributed by atoms with E-state index in [2.05, 4.69) is 21.2 Å². The summed E-state index contributed by atoms with van der Waals surface area (Å²) in [6.07, 6.45) is 0.289. The van der Waals surface area contributed by atoms with Crippen molar-refractivity contribution in [3.05, 3.63) is 63.7 Å². The highest BCUT2D eigenvalue weighted by molar-refractivity contribution is 6.04. The number of hydrogen-bond donors (Lipinski definition) is 4. The molecule has 1 amide bonds. The van der Waals surface area contributed by atoms with Crippen LogP contribution in [0.4, 0.5) is 11.4 Å². The number of nitrogens with zero attached hydrogens (tertiary/aromatic N) is 2. The second-order valence-corrected chi connectivity index (χ2v) is 8.96. The summed E-state index contributed by atoms with van der Waals surface area (Å²) in [4.78, 5) is 21.7. The molecule has 0 aliphatic carbocycles. The van der Waals surface area contributed by atoms with Gasteiger partial charge in [0.25, 0.3) is 5.69 Å². The van der Waals surface area contributed by atoms with Gasteiger partial charge in [-0.1, -0.05) is 12.1 Å². The minimum absolute atomic E-state index is 0.0182. The van der Waals surface area contributed by atoms with Crippen LogP contribution in [0.15, 0.2) is 47.6 Å². The molecule has 4 N–H and O–H groups in total. The number of β-amino-alcohol motifs (C(OH)–C–C–N with tert-alkyl or cyclic N) is 1. The predicted octanol–water partition coefficient (Wildman–Crippen LogP) is 2.74. The third kappa shape index (κ3) is 7.26. The number of hydrazone groups is 1. The minimum Gasteiger partial charge on any atom is -0.490 e. The van der Waals surface area contributed by atoms with Crippen LogP contribution in [0.2, 0.25) is 0 Å². The third-order valence-electron chi connectivity index (χ3n) is 5.49.